The van der Waals surface area contributed by atoms with Crippen molar-refractivity contribution in [2.75, 3.05) is 5.32 Å². The number of aryl methyl sites for hydroxylation is 2. The van der Waals surface area contributed by atoms with Gasteiger partial charge in [-0.25, -0.2) is 14.6 Å². The van der Waals surface area contributed by atoms with Gasteiger partial charge in [0.15, 0.2) is 5.82 Å². The number of halogens is 1. The molecule has 150 valence electrons. The minimum atomic E-state index is -0.450. The van der Waals surface area contributed by atoms with Crippen molar-refractivity contribution in [3.63, 3.8) is 0 Å². The molecule has 2 aromatic heterocycles. The molecule has 1 amide bonds. The maximum absolute atomic E-state index is 12.6. The number of hydrogen-bond donors (Lipinski definition) is 1. The Bertz CT molecular complexity index is 1230. The van der Waals surface area contributed by atoms with Crippen LogP contribution in [0.15, 0.2) is 60.9 Å². The third kappa shape index (κ3) is 3.85. The van der Waals surface area contributed by atoms with E-state index in [9.17, 15) is 9.59 Å². The fourth-order valence-corrected chi connectivity index (χ4v) is 3.04. The van der Waals surface area contributed by atoms with Crippen molar-refractivity contribution in [2.24, 2.45) is 7.05 Å². The van der Waals surface area contributed by atoms with Crippen LogP contribution in [0.1, 0.15) is 32.6 Å². The van der Waals surface area contributed by atoms with E-state index in [0.717, 1.165) is 5.69 Å². The van der Waals surface area contributed by atoms with Crippen LogP contribution >= 0.6 is 11.6 Å². The number of nitrogens with one attached hydrogen (secondary N) is 1. The molecule has 0 atom stereocenters. The highest BCUT2D eigenvalue weighted by molar-refractivity contribution is 6.30. The van der Waals surface area contributed by atoms with Gasteiger partial charge in [-0.3, -0.25) is 9.59 Å². The molecular formula is C21H17ClN6O2. The number of aromatic nitrogens is 5. The summed E-state index contributed by atoms with van der Waals surface area (Å²) in [5, 5.41) is 7.63. The Kier molecular flexibility index (Phi) is 5.16. The van der Waals surface area contributed by atoms with Gasteiger partial charge in [-0.05, 0) is 55.5 Å². The average Bonchev–Trinajstić information content (AvgIpc) is 3.34. The topological polar surface area (TPSA) is 94.7 Å². The molecule has 0 radical (unpaired) electrons. The van der Waals surface area contributed by atoms with E-state index in [4.69, 9.17) is 11.6 Å². The van der Waals surface area contributed by atoms with Crippen molar-refractivity contribution in [3.8, 4) is 5.69 Å². The first-order valence-electron chi connectivity index (χ1n) is 9.05. The molecule has 9 heteroatoms. The molecule has 4 rings (SSSR count). The third-order valence-electron chi connectivity index (χ3n) is 4.47. The van der Waals surface area contributed by atoms with E-state index in [1.54, 1.807) is 84.1 Å². The summed E-state index contributed by atoms with van der Waals surface area (Å²) in [6.45, 7) is 1.76. The van der Waals surface area contributed by atoms with E-state index in [0.29, 0.717) is 27.9 Å². The summed E-state index contributed by atoms with van der Waals surface area (Å²) in [5.41, 5.74) is 1.75. The minimum Gasteiger partial charge on any atom is -0.331 e. The van der Waals surface area contributed by atoms with Gasteiger partial charge in [-0.1, -0.05) is 11.6 Å². The highest BCUT2D eigenvalue weighted by Crippen LogP contribution is 2.16. The number of rotatable bonds is 5. The zero-order chi connectivity index (χ0) is 21.3. The SMILES string of the molecule is Cc1nc(C(=O)Nc2ccc(C(=O)c3nccn3C)cc2)nn1-c1ccc(Cl)cc1. The zero-order valence-corrected chi connectivity index (χ0v) is 17.0. The van der Waals surface area contributed by atoms with Crippen molar-refractivity contribution in [2.45, 2.75) is 6.92 Å². The Balaban J connectivity index is 1.49. The lowest BCUT2D eigenvalue weighted by Crippen LogP contribution is -2.14. The van der Waals surface area contributed by atoms with Gasteiger partial charge in [-0.2, -0.15) is 0 Å². The smallest absolute Gasteiger partial charge is 0.295 e. The van der Waals surface area contributed by atoms with Gasteiger partial charge in [0, 0.05) is 35.7 Å². The normalized spacial score (nSPS) is 10.8. The summed E-state index contributed by atoms with van der Waals surface area (Å²) < 4.78 is 3.23. The summed E-state index contributed by atoms with van der Waals surface area (Å²) in [6, 6.07) is 13.6. The number of ketones is 1. The first kappa shape index (κ1) is 19.5. The lowest BCUT2D eigenvalue weighted by molar-refractivity contribution is 0.101. The first-order valence-corrected chi connectivity index (χ1v) is 9.43. The summed E-state index contributed by atoms with van der Waals surface area (Å²) in [7, 11) is 1.76. The molecule has 0 spiro atoms. The average molecular weight is 421 g/mol. The van der Waals surface area contributed by atoms with Crippen LogP contribution in [0, 0.1) is 6.92 Å². The highest BCUT2D eigenvalue weighted by Gasteiger charge is 2.17. The molecule has 0 saturated heterocycles. The second kappa shape index (κ2) is 7.92. The van der Waals surface area contributed by atoms with Crippen molar-refractivity contribution in [1.29, 1.82) is 0 Å². The maximum atomic E-state index is 12.6. The summed E-state index contributed by atoms with van der Waals surface area (Å²) >= 11 is 5.92. The van der Waals surface area contributed by atoms with E-state index in [2.05, 4.69) is 20.4 Å². The second-order valence-electron chi connectivity index (χ2n) is 6.59. The van der Waals surface area contributed by atoms with Gasteiger partial charge in [0.1, 0.15) is 5.82 Å². The van der Waals surface area contributed by atoms with Gasteiger partial charge in [0.05, 0.1) is 5.69 Å². The monoisotopic (exact) mass is 420 g/mol. The van der Waals surface area contributed by atoms with E-state index in [1.807, 2.05) is 0 Å². The van der Waals surface area contributed by atoms with Crippen molar-refractivity contribution in [3.05, 3.63) is 89.0 Å². The van der Waals surface area contributed by atoms with Crippen molar-refractivity contribution in [1.82, 2.24) is 24.3 Å². The Morgan fingerprint density at radius 1 is 1.03 bits per heavy atom. The van der Waals surface area contributed by atoms with E-state index in [-0.39, 0.29) is 11.6 Å². The van der Waals surface area contributed by atoms with Crippen LogP contribution in [0.2, 0.25) is 5.02 Å². The molecule has 0 fully saturated rings. The van der Waals surface area contributed by atoms with Crippen LogP contribution < -0.4 is 5.32 Å². The summed E-state index contributed by atoms with van der Waals surface area (Å²) in [4.78, 5) is 33.3. The summed E-state index contributed by atoms with van der Waals surface area (Å²) in [6.07, 6.45) is 3.28. The highest BCUT2D eigenvalue weighted by atomic mass is 35.5. The zero-order valence-electron chi connectivity index (χ0n) is 16.2. The molecule has 0 aliphatic rings. The molecule has 2 aromatic carbocycles. The molecule has 0 unspecified atom stereocenters. The van der Waals surface area contributed by atoms with E-state index in [1.165, 1.54) is 0 Å². The molecule has 30 heavy (non-hydrogen) atoms. The number of imidazole rings is 1. The van der Waals surface area contributed by atoms with Gasteiger partial charge in [-0.15, -0.1) is 5.10 Å². The fraction of sp³-hybridized carbons (Fsp3) is 0.0952. The number of carbonyl (C=O) groups excluding carboxylic acids is 2. The molecular weight excluding hydrogens is 404 g/mol. The van der Waals surface area contributed by atoms with Crippen LogP contribution in [-0.2, 0) is 7.05 Å². The van der Waals surface area contributed by atoms with Crippen LogP contribution in [0.4, 0.5) is 5.69 Å². The van der Waals surface area contributed by atoms with Crippen molar-refractivity contribution < 1.29 is 9.59 Å². The quantitative estimate of drug-likeness (QED) is 0.499. The largest absolute Gasteiger partial charge is 0.331 e. The molecule has 1 N–H and O–H groups in total. The molecule has 0 bridgehead atoms. The second-order valence-corrected chi connectivity index (χ2v) is 7.03. The molecule has 4 aromatic rings. The predicted molar refractivity (Wildman–Crippen MR) is 112 cm³/mol. The molecule has 0 saturated carbocycles. The van der Waals surface area contributed by atoms with Crippen LogP contribution in [0.5, 0.6) is 0 Å². The number of nitrogens with zero attached hydrogens (tertiary/aromatic N) is 5. The Hall–Kier alpha value is -3.78. The maximum Gasteiger partial charge on any atom is 0.295 e. The molecule has 0 aliphatic carbocycles. The first-order chi connectivity index (χ1) is 14.4. The third-order valence-corrected chi connectivity index (χ3v) is 4.72. The molecule has 0 aliphatic heterocycles. The number of carbonyl (C=O) groups is 2. The van der Waals surface area contributed by atoms with Crippen LogP contribution in [0.3, 0.4) is 0 Å². The molecule has 2 heterocycles. The Labute approximate surface area is 177 Å². The Morgan fingerprint density at radius 3 is 2.37 bits per heavy atom. The predicted octanol–water partition coefficient (Wildman–Crippen LogP) is 3.45. The summed E-state index contributed by atoms with van der Waals surface area (Å²) in [5.74, 6) is 0.307. The number of amides is 1. The standard InChI is InChI=1S/C21H17ClN6O2/c1-13-24-19(26-28(13)17-9-5-15(22)6-10-17)21(30)25-16-7-3-14(4-8-16)18(29)20-23-11-12-27(20)2/h3-12H,1-2H3,(H,25,30). The van der Waals surface area contributed by atoms with Crippen molar-refractivity contribution >= 4 is 29.0 Å². The lowest BCUT2D eigenvalue weighted by Gasteiger charge is -2.05. The number of benzene rings is 2. The van der Waals surface area contributed by atoms with Gasteiger partial charge in [0.25, 0.3) is 5.91 Å². The van der Waals surface area contributed by atoms with E-state index < -0.39 is 5.91 Å². The molecule has 8 nitrogen and oxygen atoms in total. The Morgan fingerprint density at radius 2 is 1.73 bits per heavy atom. The van der Waals surface area contributed by atoms with Crippen LogP contribution in [-0.4, -0.2) is 36.0 Å². The van der Waals surface area contributed by atoms with Gasteiger partial charge >= 0.3 is 0 Å². The number of hydrogen-bond acceptors (Lipinski definition) is 5. The minimum absolute atomic E-state index is 0.0376. The fourth-order valence-electron chi connectivity index (χ4n) is 2.92. The van der Waals surface area contributed by atoms with Gasteiger partial charge in [0.2, 0.25) is 11.6 Å². The van der Waals surface area contributed by atoms with Crippen LogP contribution in [0.25, 0.3) is 5.69 Å². The number of anilines is 1. The van der Waals surface area contributed by atoms with E-state index >= 15 is 0 Å². The lowest BCUT2D eigenvalue weighted by atomic mass is 10.1. The van der Waals surface area contributed by atoms with Gasteiger partial charge < -0.3 is 9.88 Å².